The van der Waals surface area contributed by atoms with E-state index in [1.54, 1.807) is 18.3 Å². The molecular weight excluding hydrogens is 456 g/mol. The molecule has 6 nitrogen and oxygen atoms in total. The summed E-state index contributed by atoms with van der Waals surface area (Å²) in [6, 6.07) is 21.4. The van der Waals surface area contributed by atoms with E-state index in [0.29, 0.717) is 11.3 Å². The molecule has 1 aliphatic rings. The van der Waals surface area contributed by atoms with Crippen molar-refractivity contribution in [3.8, 4) is 21.6 Å². The van der Waals surface area contributed by atoms with Crippen molar-refractivity contribution in [2.24, 2.45) is 0 Å². The summed E-state index contributed by atoms with van der Waals surface area (Å²) in [6.45, 7) is 0. The summed E-state index contributed by atoms with van der Waals surface area (Å²) in [6.07, 6.45) is 3.49. The van der Waals surface area contributed by atoms with Gasteiger partial charge in [0.05, 0.1) is 21.0 Å². The number of carbonyl (C=O) groups is 1. The maximum Gasteiger partial charge on any atom is 0.335 e. The van der Waals surface area contributed by atoms with E-state index in [1.165, 1.54) is 23.7 Å². The fourth-order valence-electron chi connectivity index (χ4n) is 3.85. The topological polar surface area (TPSA) is 96.4 Å². The maximum atomic E-state index is 13.6. The van der Waals surface area contributed by atoms with Gasteiger partial charge in [0.25, 0.3) is 10.0 Å². The number of aromatic nitrogens is 1. The molecular formula is C25H20N2O4S2. The number of carboxylic acid groups (broad SMARTS) is 1. The lowest BCUT2D eigenvalue weighted by Gasteiger charge is -2.17. The average Bonchev–Trinajstić information content (AvgIpc) is 3.52. The first kappa shape index (κ1) is 21.4. The highest BCUT2D eigenvalue weighted by Crippen LogP contribution is 2.44. The number of hydrogen-bond donors (Lipinski definition) is 2. The van der Waals surface area contributed by atoms with Crippen molar-refractivity contribution in [1.82, 2.24) is 4.37 Å². The molecule has 0 spiro atoms. The largest absolute Gasteiger partial charge is 0.478 e. The Morgan fingerprint density at radius 2 is 1.76 bits per heavy atom. The van der Waals surface area contributed by atoms with Gasteiger partial charge < -0.3 is 5.11 Å². The van der Waals surface area contributed by atoms with Crippen molar-refractivity contribution in [3.63, 3.8) is 0 Å². The Morgan fingerprint density at radius 3 is 2.42 bits per heavy atom. The molecule has 2 N–H and O–H groups in total. The lowest BCUT2D eigenvalue weighted by Crippen LogP contribution is -2.16. The SMILES string of the molecule is O=C(O)c1ccc(C2CC2)c(S(=O)(=O)Nc2cc(-c3ccns3)ccc2-c2ccccc2)c1. The molecule has 1 saturated carbocycles. The first-order valence-corrected chi connectivity index (χ1v) is 12.7. The van der Waals surface area contributed by atoms with Crippen LogP contribution in [0.5, 0.6) is 0 Å². The molecule has 166 valence electrons. The van der Waals surface area contributed by atoms with Crippen LogP contribution >= 0.6 is 11.5 Å². The van der Waals surface area contributed by atoms with Gasteiger partial charge in [-0.25, -0.2) is 17.6 Å². The van der Waals surface area contributed by atoms with Gasteiger partial charge in [0.1, 0.15) is 0 Å². The molecule has 5 rings (SSSR count). The van der Waals surface area contributed by atoms with Crippen LogP contribution in [0.4, 0.5) is 5.69 Å². The molecule has 0 radical (unpaired) electrons. The summed E-state index contributed by atoms with van der Waals surface area (Å²) in [4.78, 5) is 12.5. The minimum Gasteiger partial charge on any atom is -0.478 e. The Balaban J connectivity index is 1.63. The molecule has 3 aromatic carbocycles. The molecule has 0 amide bonds. The summed E-state index contributed by atoms with van der Waals surface area (Å²) >= 11 is 1.33. The molecule has 0 atom stereocenters. The van der Waals surface area contributed by atoms with Gasteiger partial charge in [-0.15, -0.1) is 0 Å². The van der Waals surface area contributed by atoms with Crippen molar-refractivity contribution in [3.05, 3.63) is 90.1 Å². The van der Waals surface area contributed by atoms with E-state index in [2.05, 4.69) is 9.10 Å². The summed E-state index contributed by atoms with van der Waals surface area (Å²) < 4.78 is 34.1. The number of hydrogen-bond acceptors (Lipinski definition) is 5. The molecule has 0 saturated heterocycles. The molecule has 33 heavy (non-hydrogen) atoms. The number of aromatic carboxylic acids is 1. The van der Waals surface area contributed by atoms with Crippen LogP contribution in [0, 0.1) is 0 Å². The second-order valence-electron chi connectivity index (χ2n) is 7.94. The molecule has 1 heterocycles. The van der Waals surface area contributed by atoms with E-state index in [1.807, 2.05) is 48.5 Å². The predicted octanol–water partition coefficient (Wildman–Crippen LogP) is 5.85. The number of rotatable bonds is 7. The smallest absolute Gasteiger partial charge is 0.335 e. The van der Waals surface area contributed by atoms with Gasteiger partial charge in [-0.3, -0.25) is 4.72 Å². The van der Waals surface area contributed by atoms with Gasteiger partial charge in [0.15, 0.2) is 0 Å². The van der Waals surface area contributed by atoms with Gasteiger partial charge in [0.2, 0.25) is 0 Å². The van der Waals surface area contributed by atoms with E-state index in [0.717, 1.165) is 34.4 Å². The Bertz CT molecular complexity index is 1430. The standard InChI is InChI=1S/C25H20N2O4S2/c28-25(29)19-9-11-21(17-6-7-17)24(15-19)33(30,31)27-22-14-18(23-12-13-26-32-23)8-10-20(22)16-4-2-1-3-5-16/h1-5,8-15,17,27H,6-7H2,(H,28,29). The number of benzene rings is 3. The fourth-order valence-corrected chi connectivity index (χ4v) is 5.83. The van der Waals surface area contributed by atoms with Gasteiger partial charge in [-0.2, -0.15) is 0 Å². The van der Waals surface area contributed by atoms with Crippen LogP contribution in [0.2, 0.25) is 0 Å². The first-order valence-electron chi connectivity index (χ1n) is 10.4. The zero-order valence-electron chi connectivity index (χ0n) is 17.4. The highest BCUT2D eigenvalue weighted by Gasteiger charge is 2.31. The minimum atomic E-state index is -4.05. The highest BCUT2D eigenvalue weighted by molar-refractivity contribution is 7.92. The fraction of sp³-hybridized carbons (Fsp3) is 0.120. The summed E-state index contributed by atoms with van der Waals surface area (Å²) in [5.41, 5.74) is 3.47. The lowest BCUT2D eigenvalue weighted by atomic mass is 10.0. The van der Waals surface area contributed by atoms with Crippen LogP contribution in [0.1, 0.15) is 34.7 Å². The van der Waals surface area contributed by atoms with Crippen LogP contribution < -0.4 is 4.72 Å². The normalized spacial score (nSPS) is 13.6. The Kier molecular flexibility index (Phi) is 5.47. The summed E-state index contributed by atoms with van der Waals surface area (Å²) in [7, 11) is -4.05. The van der Waals surface area contributed by atoms with Crippen molar-refractivity contribution < 1.29 is 18.3 Å². The monoisotopic (exact) mass is 476 g/mol. The Morgan fingerprint density at radius 1 is 0.970 bits per heavy atom. The van der Waals surface area contributed by atoms with Crippen LogP contribution in [-0.4, -0.2) is 23.9 Å². The predicted molar refractivity (Wildman–Crippen MR) is 129 cm³/mol. The van der Waals surface area contributed by atoms with Crippen molar-refractivity contribution in [1.29, 1.82) is 0 Å². The molecule has 1 aliphatic carbocycles. The van der Waals surface area contributed by atoms with E-state index in [-0.39, 0.29) is 16.4 Å². The molecule has 1 fully saturated rings. The third-order valence-corrected chi connectivity index (χ3v) is 7.86. The second kappa shape index (κ2) is 8.46. The summed E-state index contributed by atoms with van der Waals surface area (Å²) in [5.74, 6) is -1.03. The third kappa shape index (κ3) is 4.40. The van der Waals surface area contributed by atoms with Crippen LogP contribution in [0.25, 0.3) is 21.6 Å². The zero-order valence-corrected chi connectivity index (χ0v) is 19.1. The first-order chi connectivity index (χ1) is 15.9. The molecule has 0 unspecified atom stereocenters. The number of sulfonamides is 1. The molecule has 0 aliphatic heterocycles. The molecule has 0 bridgehead atoms. The van der Waals surface area contributed by atoms with Crippen LogP contribution in [-0.2, 0) is 10.0 Å². The van der Waals surface area contributed by atoms with Crippen molar-refractivity contribution >= 4 is 33.2 Å². The van der Waals surface area contributed by atoms with Gasteiger partial charge >= 0.3 is 5.97 Å². The van der Waals surface area contributed by atoms with Crippen molar-refractivity contribution in [2.45, 2.75) is 23.7 Å². The van der Waals surface area contributed by atoms with Gasteiger partial charge in [-0.1, -0.05) is 48.5 Å². The Hall–Kier alpha value is -3.49. The molecule has 1 aromatic heterocycles. The number of anilines is 1. The van der Waals surface area contributed by atoms with E-state index >= 15 is 0 Å². The number of nitrogens with one attached hydrogen (secondary N) is 1. The second-order valence-corrected chi connectivity index (χ2v) is 10.4. The highest BCUT2D eigenvalue weighted by atomic mass is 32.2. The summed E-state index contributed by atoms with van der Waals surface area (Å²) in [5, 5.41) is 9.42. The zero-order chi connectivity index (χ0) is 23.0. The van der Waals surface area contributed by atoms with E-state index in [4.69, 9.17) is 0 Å². The third-order valence-electron chi connectivity index (χ3n) is 5.64. The van der Waals surface area contributed by atoms with Crippen molar-refractivity contribution in [2.75, 3.05) is 4.72 Å². The van der Waals surface area contributed by atoms with Gasteiger partial charge in [-0.05, 0) is 71.2 Å². The van der Waals surface area contributed by atoms with Gasteiger partial charge in [0, 0.05) is 11.8 Å². The molecule has 8 heteroatoms. The maximum absolute atomic E-state index is 13.6. The average molecular weight is 477 g/mol. The van der Waals surface area contributed by atoms with E-state index in [9.17, 15) is 18.3 Å². The quantitative estimate of drug-likeness (QED) is 0.349. The molecule has 4 aromatic rings. The van der Waals surface area contributed by atoms with E-state index < -0.39 is 16.0 Å². The van der Waals surface area contributed by atoms with Crippen LogP contribution in [0.3, 0.4) is 0 Å². The number of carboxylic acids is 1. The van der Waals surface area contributed by atoms with Crippen LogP contribution in [0.15, 0.2) is 83.9 Å². The number of nitrogens with zero attached hydrogens (tertiary/aromatic N) is 1. The Labute approximate surface area is 195 Å². The minimum absolute atomic E-state index is 0.0205. The lowest BCUT2D eigenvalue weighted by molar-refractivity contribution is 0.0696.